The number of hydrogen-bond acceptors (Lipinski definition) is 2. The highest BCUT2D eigenvalue weighted by molar-refractivity contribution is 9.08. The second kappa shape index (κ2) is 4.42. The molecule has 1 atom stereocenters. The molecule has 0 aromatic heterocycles. The minimum Gasteiger partial charge on any atom is -0.508 e. The van der Waals surface area contributed by atoms with Gasteiger partial charge in [-0.1, -0.05) is 35.0 Å². The largest absolute Gasteiger partial charge is 0.508 e. The Morgan fingerprint density at radius 1 is 1.62 bits per heavy atom. The van der Waals surface area contributed by atoms with Crippen LogP contribution in [0.4, 0.5) is 0 Å². The van der Waals surface area contributed by atoms with Crippen molar-refractivity contribution >= 4 is 22.2 Å². The molecule has 1 aromatic rings. The first-order valence-corrected chi connectivity index (χ1v) is 5.14. The lowest BCUT2D eigenvalue weighted by atomic mass is 10.0. The number of phenolic OH excluding ortho intramolecular Hbond substituents is 1. The summed E-state index contributed by atoms with van der Waals surface area (Å²) in [6.45, 7) is 1.83. The molecule has 0 spiro atoms. The van der Waals surface area contributed by atoms with Gasteiger partial charge in [-0.3, -0.25) is 0 Å². The molecule has 13 heavy (non-hydrogen) atoms. The first-order valence-electron chi connectivity index (χ1n) is 4.02. The van der Waals surface area contributed by atoms with Crippen LogP contribution in [0.15, 0.2) is 18.2 Å². The molecule has 1 aromatic carbocycles. The van der Waals surface area contributed by atoms with Crippen LogP contribution in [0.5, 0.6) is 5.75 Å². The van der Waals surface area contributed by atoms with Crippen molar-refractivity contribution in [2.45, 2.75) is 18.2 Å². The molecule has 0 amide bonds. The first kappa shape index (κ1) is 10.3. The van der Waals surface area contributed by atoms with E-state index in [1.54, 1.807) is 12.1 Å². The number of aromatic hydroxyl groups is 1. The lowest BCUT2D eigenvalue weighted by Gasteiger charge is -2.07. The quantitative estimate of drug-likeness (QED) is 0.654. The molecule has 2 nitrogen and oxygen atoms in total. The van der Waals surface area contributed by atoms with Gasteiger partial charge < -0.3 is 9.90 Å². The van der Waals surface area contributed by atoms with Crippen molar-refractivity contribution in [3.8, 4) is 5.75 Å². The smallest absolute Gasteiger partial charge is 0.127 e. The molecular formula is C10H11BrO2. The Hall–Kier alpha value is -0.830. The highest BCUT2D eigenvalue weighted by Gasteiger charge is 2.06. The van der Waals surface area contributed by atoms with Crippen LogP contribution in [0.2, 0.25) is 0 Å². The van der Waals surface area contributed by atoms with Gasteiger partial charge in [0, 0.05) is 16.8 Å². The van der Waals surface area contributed by atoms with Gasteiger partial charge in [0.15, 0.2) is 0 Å². The fourth-order valence-electron chi connectivity index (χ4n) is 1.07. The second-order valence-corrected chi connectivity index (χ2v) is 3.51. The van der Waals surface area contributed by atoms with Gasteiger partial charge in [0.25, 0.3) is 0 Å². The van der Waals surface area contributed by atoms with Crippen molar-refractivity contribution in [1.29, 1.82) is 0 Å². The molecule has 1 rings (SSSR count). The Morgan fingerprint density at radius 2 is 2.31 bits per heavy atom. The van der Waals surface area contributed by atoms with E-state index in [0.29, 0.717) is 5.33 Å². The molecule has 0 bridgehead atoms. The van der Waals surface area contributed by atoms with Gasteiger partial charge in [-0.05, 0) is 11.6 Å². The molecule has 70 valence electrons. The van der Waals surface area contributed by atoms with Gasteiger partial charge in [0.2, 0.25) is 0 Å². The molecular weight excluding hydrogens is 232 g/mol. The highest BCUT2D eigenvalue weighted by Crippen LogP contribution is 2.24. The number of alkyl halides is 1. The number of benzene rings is 1. The zero-order valence-electron chi connectivity index (χ0n) is 7.33. The predicted molar refractivity (Wildman–Crippen MR) is 55.2 cm³/mol. The zero-order valence-corrected chi connectivity index (χ0v) is 8.91. The van der Waals surface area contributed by atoms with Crippen LogP contribution in [-0.2, 0) is 10.1 Å². The van der Waals surface area contributed by atoms with Crippen molar-refractivity contribution < 1.29 is 9.90 Å². The van der Waals surface area contributed by atoms with Crippen molar-refractivity contribution in [1.82, 2.24) is 0 Å². The molecule has 1 unspecified atom stereocenters. The minimum absolute atomic E-state index is 0.113. The van der Waals surface area contributed by atoms with Crippen LogP contribution in [0.3, 0.4) is 0 Å². The molecule has 1 N–H and O–H groups in total. The lowest BCUT2D eigenvalue weighted by molar-refractivity contribution is -0.108. The predicted octanol–water partition coefficient (Wildman–Crippen LogP) is 2.59. The summed E-state index contributed by atoms with van der Waals surface area (Å²) >= 11 is 3.27. The van der Waals surface area contributed by atoms with E-state index in [4.69, 9.17) is 0 Å². The van der Waals surface area contributed by atoms with Gasteiger partial charge in [-0.15, -0.1) is 0 Å². The van der Waals surface area contributed by atoms with Crippen LogP contribution in [0, 0.1) is 0 Å². The number of aldehydes is 1. The maximum Gasteiger partial charge on any atom is 0.127 e. The summed E-state index contributed by atoms with van der Waals surface area (Å²) in [6.07, 6.45) is 0.893. The van der Waals surface area contributed by atoms with Crippen LogP contribution in [0.1, 0.15) is 24.0 Å². The second-order valence-electron chi connectivity index (χ2n) is 2.95. The third kappa shape index (κ3) is 2.31. The number of halogens is 1. The van der Waals surface area contributed by atoms with E-state index >= 15 is 0 Å². The fourth-order valence-corrected chi connectivity index (χ4v) is 1.52. The maximum absolute atomic E-state index is 10.5. The number of carbonyl (C=O) groups is 1. The summed E-state index contributed by atoms with van der Waals surface area (Å²) < 4.78 is 0. The molecule has 0 aliphatic carbocycles. The van der Waals surface area contributed by atoms with Crippen LogP contribution >= 0.6 is 15.9 Å². The molecule has 0 saturated heterocycles. The minimum atomic E-state index is -0.113. The van der Waals surface area contributed by atoms with E-state index in [-0.39, 0.29) is 11.7 Å². The van der Waals surface area contributed by atoms with Gasteiger partial charge >= 0.3 is 0 Å². The van der Waals surface area contributed by atoms with Crippen molar-refractivity contribution in [2.24, 2.45) is 0 Å². The number of hydrogen-bond donors (Lipinski definition) is 1. The summed E-state index contributed by atoms with van der Waals surface area (Å²) in [7, 11) is 0. The van der Waals surface area contributed by atoms with Gasteiger partial charge in [0.05, 0.1) is 0 Å². The van der Waals surface area contributed by atoms with E-state index in [2.05, 4.69) is 15.9 Å². The van der Waals surface area contributed by atoms with Gasteiger partial charge in [-0.25, -0.2) is 0 Å². The Morgan fingerprint density at radius 3 is 2.85 bits per heavy atom. The third-order valence-corrected chi connectivity index (χ3v) is 2.58. The molecule has 0 aliphatic heterocycles. The Bertz CT molecular complexity index is 310. The van der Waals surface area contributed by atoms with E-state index in [0.717, 1.165) is 17.4 Å². The number of phenols is 1. The van der Waals surface area contributed by atoms with E-state index in [1.807, 2.05) is 13.0 Å². The average molecular weight is 243 g/mol. The van der Waals surface area contributed by atoms with Gasteiger partial charge in [-0.2, -0.15) is 0 Å². The van der Waals surface area contributed by atoms with Crippen LogP contribution < -0.4 is 0 Å². The van der Waals surface area contributed by atoms with Crippen molar-refractivity contribution in [2.75, 3.05) is 0 Å². The highest BCUT2D eigenvalue weighted by atomic mass is 79.9. The van der Waals surface area contributed by atoms with E-state index < -0.39 is 0 Å². The summed E-state index contributed by atoms with van der Waals surface area (Å²) in [4.78, 5) is 10.5. The van der Waals surface area contributed by atoms with E-state index in [1.165, 1.54) is 0 Å². The monoisotopic (exact) mass is 242 g/mol. The molecule has 0 saturated carbocycles. The van der Waals surface area contributed by atoms with Crippen LogP contribution in [0.25, 0.3) is 0 Å². The maximum atomic E-state index is 10.5. The standard InChI is InChI=1S/C10H11BrO2/c1-7(6-12)8-2-3-10(13)9(4-8)5-11/h2-4,6-7,13H,5H2,1H3. The average Bonchev–Trinajstić information content (AvgIpc) is 2.17. The topological polar surface area (TPSA) is 37.3 Å². The first-order chi connectivity index (χ1) is 6.19. The van der Waals surface area contributed by atoms with Crippen molar-refractivity contribution in [3.05, 3.63) is 29.3 Å². The SMILES string of the molecule is CC(C=O)c1ccc(O)c(CBr)c1. The Kier molecular flexibility index (Phi) is 3.48. The zero-order chi connectivity index (χ0) is 9.84. The number of carbonyl (C=O) groups excluding carboxylic acids is 1. The number of rotatable bonds is 3. The summed E-state index contributed by atoms with van der Waals surface area (Å²) in [5, 5.41) is 9.97. The summed E-state index contributed by atoms with van der Waals surface area (Å²) in [5.74, 6) is 0.150. The molecule has 0 fully saturated rings. The molecule has 0 heterocycles. The molecule has 0 aliphatic rings. The normalized spacial score (nSPS) is 12.5. The Labute approximate surface area is 85.7 Å². The summed E-state index contributed by atoms with van der Waals surface area (Å²) in [5.41, 5.74) is 1.74. The molecule has 0 radical (unpaired) electrons. The fraction of sp³-hybridized carbons (Fsp3) is 0.300. The van der Waals surface area contributed by atoms with Crippen molar-refractivity contribution in [3.63, 3.8) is 0 Å². The molecule has 3 heteroatoms. The van der Waals surface area contributed by atoms with Gasteiger partial charge in [0.1, 0.15) is 12.0 Å². The van der Waals surface area contributed by atoms with Crippen LogP contribution in [-0.4, -0.2) is 11.4 Å². The summed E-state index contributed by atoms with van der Waals surface area (Å²) in [6, 6.07) is 5.22. The lowest BCUT2D eigenvalue weighted by Crippen LogP contribution is -1.95. The van der Waals surface area contributed by atoms with E-state index in [9.17, 15) is 9.90 Å². The third-order valence-electron chi connectivity index (χ3n) is 1.98. The Balaban J connectivity index is 3.05.